The average molecular weight is 479 g/mol. The van der Waals surface area contributed by atoms with Crippen LogP contribution in [0.25, 0.3) is 0 Å². The summed E-state index contributed by atoms with van der Waals surface area (Å²) in [5.41, 5.74) is 4.08. The van der Waals surface area contributed by atoms with E-state index in [0.717, 1.165) is 33.6 Å². The van der Waals surface area contributed by atoms with E-state index in [0.29, 0.717) is 12.5 Å². The number of furan rings is 1. The summed E-state index contributed by atoms with van der Waals surface area (Å²) in [6, 6.07) is 11.8. The normalized spacial score (nSPS) is 18.5. The molecule has 1 saturated carbocycles. The zero-order valence-corrected chi connectivity index (χ0v) is 20.7. The molecule has 1 atom stereocenters. The van der Waals surface area contributed by atoms with Crippen LogP contribution < -0.4 is 4.74 Å². The zero-order valence-electron chi connectivity index (χ0n) is 19.9. The first kappa shape index (κ1) is 22.8. The van der Waals surface area contributed by atoms with Gasteiger partial charge in [-0.2, -0.15) is 5.10 Å². The van der Waals surface area contributed by atoms with Crippen molar-refractivity contribution in [1.29, 1.82) is 0 Å². The second kappa shape index (κ2) is 9.70. The van der Waals surface area contributed by atoms with Crippen molar-refractivity contribution >= 4 is 23.4 Å². The van der Waals surface area contributed by atoms with Crippen LogP contribution in [0.3, 0.4) is 0 Å². The molecule has 1 amide bonds. The van der Waals surface area contributed by atoms with Crippen molar-refractivity contribution in [3.05, 3.63) is 65.4 Å². The summed E-state index contributed by atoms with van der Waals surface area (Å²) in [4.78, 5) is 18.2. The van der Waals surface area contributed by atoms with Crippen molar-refractivity contribution in [2.75, 3.05) is 12.9 Å². The number of methoxy groups -OCH3 is 1. The van der Waals surface area contributed by atoms with E-state index in [4.69, 9.17) is 19.2 Å². The van der Waals surface area contributed by atoms with Crippen molar-refractivity contribution in [3.63, 3.8) is 0 Å². The first-order valence-corrected chi connectivity index (χ1v) is 12.8. The van der Waals surface area contributed by atoms with E-state index in [-0.39, 0.29) is 17.7 Å². The Labute approximate surface area is 204 Å². The van der Waals surface area contributed by atoms with Crippen LogP contribution in [0.15, 0.2) is 57.3 Å². The highest BCUT2D eigenvalue weighted by Gasteiger charge is 2.35. The van der Waals surface area contributed by atoms with Crippen molar-refractivity contribution in [1.82, 2.24) is 14.6 Å². The molecular weight excluding hydrogens is 448 g/mol. The molecule has 1 fully saturated rings. The number of rotatable bonds is 7. The minimum Gasteiger partial charge on any atom is -0.497 e. The first-order valence-electron chi connectivity index (χ1n) is 11.8. The third-order valence-corrected chi connectivity index (χ3v) is 7.77. The standard InChI is InChI=1S/C26H30N4O3S/c1-17-18(2)29(20-7-4-5-8-20)26(27-17)34-16-25(31)30-23(24-9-6-14-33-24)15-22(28-30)19-10-12-21(32-3)13-11-19/h6,9-14,20,23H,4-5,7-8,15-16H2,1-3H3. The van der Waals surface area contributed by atoms with Crippen molar-refractivity contribution in [2.45, 2.75) is 63.2 Å². The summed E-state index contributed by atoms with van der Waals surface area (Å²) < 4.78 is 13.3. The fourth-order valence-corrected chi connectivity index (χ4v) is 5.89. The Kier molecular flexibility index (Phi) is 6.50. The number of aryl methyl sites for hydroxylation is 1. The van der Waals surface area contributed by atoms with Crippen molar-refractivity contribution in [2.24, 2.45) is 5.10 Å². The van der Waals surface area contributed by atoms with Crippen LogP contribution >= 0.6 is 11.8 Å². The molecule has 34 heavy (non-hydrogen) atoms. The molecule has 0 saturated heterocycles. The van der Waals surface area contributed by atoms with E-state index in [1.807, 2.05) is 43.3 Å². The highest BCUT2D eigenvalue weighted by atomic mass is 32.2. The smallest absolute Gasteiger partial charge is 0.253 e. The lowest BCUT2D eigenvalue weighted by Gasteiger charge is -2.20. The third-order valence-electron chi connectivity index (χ3n) is 6.83. The van der Waals surface area contributed by atoms with Gasteiger partial charge in [0.1, 0.15) is 17.6 Å². The van der Waals surface area contributed by atoms with Crippen LogP contribution in [0.4, 0.5) is 0 Å². The molecule has 0 bridgehead atoms. The van der Waals surface area contributed by atoms with Crippen LogP contribution in [-0.2, 0) is 4.79 Å². The summed E-state index contributed by atoms with van der Waals surface area (Å²) in [5, 5.41) is 7.27. The average Bonchev–Trinajstić information content (AvgIpc) is 3.65. The summed E-state index contributed by atoms with van der Waals surface area (Å²) in [5.74, 6) is 1.76. The van der Waals surface area contributed by atoms with Gasteiger partial charge in [-0.15, -0.1) is 0 Å². The lowest BCUT2D eigenvalue weighted by molar-refractivity contribution is -0.130. The lowest BCUT2D eigenvalue weighted by Crippen LogP contribution is -2.28. The number of imidazole rings is 1. The molecule has 2 aliphatic rings. The maximum absolute atomic E-state index is 13.4. The number of carbonyl (C=O) groups is 1. The largest absolute Gasteiger partial charge is 0.497 e. The molecule has 5 rings (SSSR count). The Morgan fingerprint density at radius 1 is 1.18 bits per heavy atom. The van der Waals surface area contributed by atoms with Gasteiger partial charge in [0, 0.05) is 18.2 Å². The predicted octanol–water partition coefficient (Wildman–Crippen LogP) is 5.69. The van der Waals surface area contributed by atoms with E-state index >= 15 is 0 Å². The molecule has 1 aliphatic heterocycles. The van der Waals surface area contributed by atoms with E-state index in [2.05, 4.69) is 11.5 Å². The summed E-state index contributed by atoms with van der Waals surface area (Å²) in [6.45, 7) is 4.18. The molecule has 3 aromatic rings. The molecule has 1 unspecified atom stereocenters. The monoisotopic (exact) mass is 478 g/mol. The number of nitrogens with zero attached hydrogens (tertiary/aromatic N) is 4. The number of hydrogen-bond acceptors (Lipinski definition) is 6. The predicted molar refractivity (Wildman–Crippen MR) is 132 cm³/mol. The number of ether oxygens (including phenoxy) is 1. The van der Waals surface area contributed by atoms with E-state index < -0.39 is 0 Å². The minimum atomic E-state index is -0.252. The Balaban J connectivity index is 1.36. The highest BCUT2D eigenvalue weighted by molar-refractivity contribution is 7.99. The maximum Gasteiger partial charge on any atom is 0.253 e. The molecule has 8 heteroatoms. The van der Waals surface area contributed by atoms with Gasteiger partial charge < -0.3 is 13.7 Å². The summed E-state index contributed by atoms with van der Waals surface area (Å²) >= 11 is 1.51. The van der Waals surface area contributed by atoms with Crippen LogP contribution in [0.2, 0.25) is 0 Å². The Hall–Kier alpha value is -3.00. The quantitative estimate of drug-likeness (QED) is 0.408. The van der Waals surface area contributed by atoms with Crippen LogP contribution in [0, 0.1) is 13.8 Å². The fraction of sp³-hybridized carbons (Fsp3) is 0.423. The van der Waals surface area contributed by atoms with Gasteiger partial charge >= 0.3 is 0 Å². The molecule has 1 aliphatic carbocycles. The van der Waals surface area contributed by atoms with Crippen LogP contribution in [-0.4, -0.2) is 39.0 Å². The van der Waals surface area contributed by atoms with Gasteiger partial charge in [-0.3, -0.25) is 4.79 Å². The van der Waals surface area contributed by atoms with Gasteiger partial charge in [-0.1, -0.05) is 24.6 Å². The Bertz CT molecular complexity index is 1180. The van der Waals surface area contributed by atoms with Gasteiger partial charge in [-0.05, 0) is 68.7 Å². The van der Waals surface area contributed by atoms with Gasteiger partial charge in [-0.25, -0.2) is 9.99 Å². The molecule has 0 N–H and O–H groups in total. The molecule has 0 spiro atoms. The molecule has 2 aromatic heterocycles. The van der Waals surface area contributed by atoms with Crippen LogP contribution in [0.5, 0.6) is 5.75 Å². The number of hydrogen-bond donors (Lipinski definition) is 0. The number of thioether (sulfide) groups is 1. The first-order chi connectivity index (χ1) is 16.5. The van der Waals surface area contributed by atoms with Gasteiger partial charge in [0.25, 0.3) is 5.91 Å². The Morgan fingerprint density at radius 2 is 1.94 bits per heavy atom. The zero-order chi connectivity index (χ0) is 23.7. The SMILES string of the molecule is COc1ccc(C2=NN(C(=O)CSc3nc(C)c(C)n3C3CCCC3)C(c3ccco3)C2)cc1. The fourth-order valence-electron chi connectivity index (χ4n) is 4.88. The van der Waals surface area contributed by atoms with Gasteiger partial charge in [0.15, 0.2) is 5.16 Å². The number of hydrazone groups is 1. The van der Waals surface area contributed by atoms with Crippen molar-refractivity contribution in [3.8, 4) is 5.75 Å². The number of aromatic nitrogens is 2. The maximum atomic E-state index is 13.4. The van der Waals surface area contributed by atoms with E-state index in [1.165, 1.54) is 43.1 Å². The molecule has 1 aromatic carbocycles. The molecular formula is C26H30N4O3S. The topological polar surface area (TPSA) is 72.9 Å². The highest BCUT2D eigenvalue weighted by Crippen LogP contribution is 2.37. The van der Waals surface area contributed by atoms with E-state index in [9.17, 15) is 4.79 Å². The number of carbonyl (C=O) groups excluding carboxylic acids is 1. The Morgan fingerprint density at radius 3 is 2.62 bits per heavy atom. The minimum absolute atomic E-state index is 0.0498. The van der Waals surface area contributed by atoms with Crippen molar-refractivity contribution < 1.29 is 13.9 Å². The number of benzene rings is 1. The van der Waals surface area contributed by atoms with Crippen LogP contribution in [0.1, 0.15) is 66.9 Å². The molecule has 3 heterocycles. The second-order valence-electron chi connectivity index (χ2n) is 8.91. The second-order valence-corrected chi connectivity index (χ2v) is 9.85. The molecule has 178 valence electrons. The summed E-state index contributed by atoms with van der Waals surface area (Å²) in [6.07, 6.45) is 7.12. The van der Waals surface area contributed by atoms with E-state index in [1.54, 1.807) is 18.4 Å². The molecule has 0 radical (unpaired) electrons. The van der Waals surface area contributed by atoms with Gasteiger partial charge in [0.05, 0.1) is 30.5 Å². The van der Waals surface area contributed by atoms with Gasteiger partial charge in [0.2, 0.25) is 0 Å². The third kappa shape index (κ3) is 4.39. The lowest BCUT2D eigenvalue weighted by atomic mass is 10.0. The summed E-state index contributed by atoms with van der Waals surface area (Å²) in [7, 11) is 1.65. The number of amides is 1. The molecule has 7 nitrogen and oxygen atoms in total.